The lowest BCUT2D eigenvalue weighted by Crippen LogP contribution is -2.04. The predicted molar refractivity (Wildman–Crippen MR) is 49.5 cm³/mol. The van der Waals surface area contributed by atoms with Crippen molar-refractivity contribution >= 4 is 15.9 Å². The first-order valence-electron chi connectivity index (χ1n) is 3.67. The third-order valence-electron chi connectivity index (χ3n) is 1.59. The molecule has 1 aromatic rings. The van der Waals surface area contributed by atoms with Gasteiger partial charge in [0.15, 0.2) is 5.69 Å². The van der Waals surface area contributed by atoms with E-state index in [9.17, 15) is 8.78 Å². The number of pyridine rings is 1. The molecule has 0 amide bonds. The van der Waals surface area contributed by atoms with Gasteiger partial charge in [-0.15, -0.1) is 0 Å². The molecule has 0 aromatic carbocycles. The van der Waals surface area contributed by atoms with Gasteiger partial charge in [0.1, 0.15) is 6.07 Å². The van der Waals surface area contributed by atoms with E-state index in [0.717, 1.165) is 0 Å². The van der Waals surface area contributed by atoms with Gasteiger partial charge in [0.05, 0.1) is 11.3 Å². The number of hydrogen-bond acceptors (Lipinski definition) is 3. The highest BCUT2D eigenvalue weighted by molar-refractivity contribution is 9.10. The third-order valence-corrected chi connectivity index (χ3v) is 2.25. The van der Waals surface area contributed by atoms with Crippen molar-refractivity contribution in [2.45, 2.75) is 13.0 Å². The Morgan fingerprint density at radius 3 is 2.71 bits per heavy atom. The Balaban J connectivity index is 3.37. The summed E-state index contributed by atoms with van der Waals surface area (Å²) in [6.45, 7) is 0.108. The summed E-state index contributed by atoms with van der Waals surface area (Å²) in [6.07, 6.45) is -2.72. The molecule has 0 aliphatic heterocycles. The van der Waals surface area contributed by atoms with E-state index in [1.165, 1.54) is 6.07 Å². The molecule has 14 heavy (non-hydrogen) atoms. The predicted octanol–water partition coefficient (Wildman–Crippen LogP) is 2.11. The Bertz CT molecular complexity index is 387. The zero-order chi connectivity index (χ0) is 10.7. The van der Waals surface area contributed by atoms with Crippen LogP contribution in [0.2, 0.25) is 0 Å². The second-order valence-electron chi connectivity index (χ2n) is 2.47. The van der Waals surface area contributed by atoms with Crippen LogP contribution in [0, 0.1) is 11.3 Å². The van der Waals surface area contributed by atoms with Crippen LogP contribution in [-0.2, 0) is 6.54 Å². The summed E-state index contributed by atoms with van der Waals surface area (Å²) in [5, 5.41) is 8.60. The molecule has 0 radical (unpaired) electrons. The lowest BCUT2D eigenvalue weighted by molar-refractivity contribution is 0.149. The van der Waals surface area contributed by atoms with Crippen molar-refractivity contribution in [3.8, 4) is 6.07 Å². The summed E-state index contributed by atoms with van der Waals surface area (Å²) in [4.78, 5) is 3.70. The van der Waals surface area contributed by atoms with Gasteiger partial charge in [-0.05, 0) is 6.07 Å². The van der Waals surface area contributed by atoms with E-state index in [1.54, 1.807) is 6.07 Å². The normalized spacial score (nSPS) is 10.3. The van der Waals surface area contributed by atoms with Gasteiger partial charge in [0.2, 0.25) is 0 Å². The lowest BCUT2D eigenvalue weighted by Gasteiger charge is -2.06. The first-order chi connectivity index (χ1) is 6.60. The van der Waals surface area contributed by atoms with Gasteiger partial charge in [-0.25, -0.2) is 13.8 Å². The molecule has 74 valence electrons. The maximum absolute atomic E-state index is 12.5. The molecule has 0 aliphatic carbocycles. The highest BCUT2D eigenvalue weighted by Gasteiger charge is 2.18. The van der Waals surface area contributed by atoms with Crippen LogP contribution in [0.25, 0.3) is 0 Å². The van der Waals surface area contributed by atoms with E-state index < -0.39 is 6.43 Å². The van der Waals surface area contributed by atoms with Gasteiger partial charge < -0.3 is 5.73 Å². The van der Waals surface area contributed by atoms with Crippen LogP contribution in [-0.4, -0.2) is 4.98 Å². The zero-order valence-corrected chi connectivity index (χ0v) is 8.55. The SMILES string of the molecule is N#Cc1nc(CN)cc(Br)c1C(F)F. The van der Waals surface area contributed by atoms with Gasteiger partial charge in [-0.2, -0.15) is 5.26 Å². The fourth-order valence-electron chi connectivity index (χ4n) is 0.971. The van der Waals surface area contributed by atoms with Crippen LogP contribution < -0.4 is 5.73 Å². The summed E-state index contributed by atoms with van der Waals surface area (Å²) in [6, 6.07) is 3.01. The van der Waals surface area contributed by atoms with E-state index in [4.69, 9.17) is 11.0 Å². The summed E-state index contributed by atoms with van der Waals surface area (Å²) in [5.74, 6) is 0. The Morgan fingerprint density at radius 2 is 2.29 bits per heavy atom. The summed E-state index contributed by atoms with van der Waals surface area (Å²) in [7, 11) is 0. The molecule has 0 aliphatic rings. The van der Waals surface area contributed by atoms with Crippen molar-refractivity contribution in [1.29, 1.82) is 5.26 Å². The molecule has 1 heterocycles. The first-order valence-corrected chi connectivity index (χ1v) is 4.47. The van der Waals surface area contributed by atoms with Gasteiger partial charge in [-0.3, -0.25) is 0 Å². The van der Waals surface area contributed by atoms with Crippen molar-refractivity contribution in [1.82, 2.24) is 4.98 Å². The maximum Gasteiger partial charge on any atom is 0.267 e. The zero-order valence-electron chi connectivity index (χ0n) is 6.97. The largest absolute Gasteiger partial charge is 0.325 e. The van der Waals surface area contributed by atoms with E-state index in [1.807, 2.05) is 0 Å². The molecular formula is C8H6BrF2N3. The van der Waals surface area contributed by atoms with E-state index >= 15 is 0 Å². The van der Waals surface area contributed by atoms with Crippen molar-refractivity contribution in [2.24, 2.45) is 5.73 Å². The fraction of sp³-hybridized carbons (Fsp3) is 0.250. The molecule has 1 aromatic heterocycles. The lowest BCUT2D eigenvalue weighted by atomic mass is 10.2. The van der Waals surface area contributed by atoms with Gasteiger partial charge in [0, 0.05) is 11.0 Å². The molecule has 1 rings (SSSR count). The van der Waals surface area contributed by atoms with Crippen LogP contribution >= 0.6 is 15.9 Å². The van der Waals surface area contributed by atoms with Crippen LogP contribution in [0.3, 0.4) is 0 Å². The molecule has 0 saturated heterocycles. The van der Waals surface area contributed by atoms with E-state index in [-0.39, 0.29) is 22.3 Å². The molecule has 0 atom stereocenters. The average Bonchev–Trinajstić information content (AvgIpc) is 2.15. The maximum atomic E-state index is 12.5. The van der Waals surface area contributed by atoms with Crippen molar-refractivity contribution < 1.29 is 8.78 Å². The topological polar surface area (TPSA) is 62.7 Å². The molecule has 0 fully saturated rings. The first kappa shape index (κ1) is 11.0. The van der Waals surface area contributed by atoms with Gasteiger partial charge in [-0.1, -0.05) is 15.9 Å². The number of nitrogens with two attached hydrogens (primary N) is 1. The van der Waals surface area contributed by atoms with E-state index in [2.05, 4.69) is 20.9 Å². The second-order valence-corrected chi connectivity index (χ2v) is 3.33. The van der Waals surface area contributed by atoms with Crippen LogP contribution in [0.15, 0.2) is 10.5 Å². The van der Waals surface area contributed by atoms with Crippen LogP contribution in [0.4, 0.5) is 8.78 Å². The number of hydrogen-bond donors (Lipinski definition) is 1. The Kier molecular flexibility index (Phi) is 3.49. The van der Waals surface area contributed by atoms with Gasteiger partial charge >= 0.3 is 0 Å². The minimum absolute atomic E-state index is 0.108. The van der Waals surface area contributed by atoms with Gasteiger partial charge in [0.25, 0.3) is 6.43 Å². The number of nitriles is 1. The number of aromatic nitrogens is 1. The number of rotatable bonds is 2. The minimum Gasteiger partial charge on any atom is -0.325 e. The highest BCUT2D eigenvalue weighted by atomic mass is 79.9. The average molecular weight is 262 g/mol. The standard InChI is InChI=1S/C8H6BrF2N3/c9-5-1-4(2-12)14-6(3-13)7(5)8(10)11/h1,8H,2,12H2. The number of halogens is 3. The third kappa shape index (κ3) is 2.05. The number of alkyl halides is 2. The molecule has 0 spiro atoms. The highest BCUT2D eigenvalue weighted by Crippen LogP contribution is 2.29. The van der Waals surface area contributed by atoms with Crippen molar-refractivity contribution in [3.63, 3.8) is 0 Å². The Hall–Kier alpha value is -1.06. The quantitative estimate of drug-likeness (QED) is 0.887. The minimum atomic E-state index is -2.72. The monoisotopic (exact) mass is 261 g/mol. The van der Waals surface area contributed by atoms with Crippen molar-refractivity contribution in [3.05, 3.63) is 27.5 Å². The molecule has 6 heteroatoms. The summed E-state index contributed by atoms with van der Waals surface area (Å²) < 4.78 is 25.1. The fourth-order valence-corrected chi connectivity index (χ4v) is 1.60. The summed E-state index contributed by atoms with van der Waals surface area (Å²) >= 11 is 2.95. The smallest absolute Gasteiger partial charge is 0.267 e. The molecule has 2 N–H and O–H groups in total. The second kappa shape index (κ2) is 4.44. The molecule has 0 unspecified atom stereocenters. The van der Waals surface area contributed by atoms with Crippen LogP contribution in [0.5, 0.6) is 0 Å². The molecular weight excluding hydrogens is 256 g/mol. The van der Waals surface area contributed by atoms with Crippen LogP contribution in [0.1, 0.15) is 23.4 Å². The number of nitrogens with zero attached hydrogens (tertiary/aromatic N) is 2. The van der Waals surface area contributed by atoms with Crippen molar-refractivity contribution in [2.75, 3.05) is 0 Å². The van der Waals surface area contributed by atoms with E-state index in [0.29, 0.717) is 5.69 Å². The Labute approximate surface area is 87.7 Å². The molecule has 0 saturated carbocycles. The summed E-state index contributed by atoms with van der Waals surface area (Å²) in [5.41, 5.74) is 5.02. The molecule has 0 bridgehead atoms. The molecule has 3 nitrogen and oxygen atoms in total. The Morgan fingerprint density at radius 1 is 1.64 bits per heavy atom.